The van der Waals surface area contributed by atoms with Gasteiger partial charge in [-0.1, -0.05) is 6.92 Å². The zero-order chi connectivity index (χ0) is 12.0. The molecule has 1 aliphatic rings. The molecule has 6 heteroatoms. The van der Waals surface area contributed by atoms with Gasteiger partial charge in [-0.2, -0.15) is 5.10 Å². The molecule has 1 aliphatic heterocycles. The van der Waals surface area contributed by atoms with Crippen LogP contribution in [0.5, 0.6) is 0 Å². The van der Waals surface area contributed by atoms with Gasteiger partial charge in [0.05, 0.1) is 6.61 Å². The normalized spacial score (nSPS) is 21.5. The molecule has 92 valence electrons. The maximum atomic E-state index is 11.7. The van der Waals surface area contributed by atoms with E-state index in [1.54, 1.807) is 11.2 Å². The molecule has 16 heavy (non-hydrogen) atoms. The summed E-state index contributed by atoms with van der Waals surface area (Å²) in [6.07, 6.45) is 2.23. The third-order valence-electron chi connectivity index (χ3n) is 2.55. The average molecular weight is 228 g/mol. The van der Waals surface area contributed by atoms with Crippen molar-refractivity contribution in [2.45, 2.75) is 26.3 Å². The van der Waals surface area contributed by atoms with Crippen LogP contribution in [0.2, 0.25) is 0 Å². The highest BCUT2D eigenvalue weighted by molar-refractivity contribution is 5.68. The molecule has 0 aliphatic carbocycles. The summed E-state index contributed by atoms with van der Waals surface area (Å²) >= 11 is 0. The Labute approximate surface area is 96.0 Å². The highest BCUT2D eigenvalue weighted by Gasteiger charge is 2.27. The lowest BCUT2D eigenvalue weighted by atomic mass is 10.2. The Hall–Kier alpha value is -1.46. The molecule has 1 unspecified atom stereocenters. The van der Waals surface area contributed by atoms with Crippen molar-refractivity contribution in [1.29, 1.82) is 0 Å². The second-order valence-corrected chi connectivity index (χ2v) is 3.92. The Morgan fingerprint density at radius 1 is 1.62 bits per heavy atom. The van der Waals surface area contributed by atoms with E-state index in [0.29, 0.717) is 13.2 Å². The van der Waals surface area contributed by atoms with Crippen LogP contribution in [-0.4, -0.2) is 54.5 Å². The van der Waals surface area contributed by atoms with Crippen LogP contribution in [-0.2, 0) is 4.74 Å². The van der Waals surface area contributed by atoms with E-state index < -0.39 is 0 Å². The second-order valence-electron chi connectivity index (χ2n) is 3.92. The molecule has 0 spiro atoms. The largest absolute Gasteiger partial charge is 0.449 e. The van der Waals surface area contributed by atoms with E-state index in [-0.39, 0.29) is 12.1 Å². The van der Waals surface area contributed by atoms with Gasteiger partial charge in [-0.25, -0.2) is 4.79 Å². The fraction of sp³-hybridized carbons (Fsp3) is 0.800. The van der Waals surface area contributed by atoms with Crippen LogP contribution in [0.25, 0.3) is 0 Å². The molecule has 0 saturated carbocycles. The Balaban J connectivity index is 2.43. The van der Waals surface area contributed by atoms with Gasteiger partial charge in [0.1, 0.15) is 6.34 Å². The smallest absolute Gasteiger partial charge is 0.410 e. The van der Waals surface area contributed by atoms with Crippen molar-refractivity contribution in [2.24, 2.45) is 10.9 Å². The number of nitrogens with two attached hydrogens (primary N) is 1. The zero-order valence-corrected chi connectivity index (χ0v) is 9.93. The number of amides is 1. The van der Waals surface area contributed by atoms with Crippen molar-refractivity contribution in [1.82, 2.24) is 9.80 Å². The molecule has 0 radical (unpaired) electrons. The number of piperazine rings is 1. The third-order valence-corrected chi connectivity index (χ3v) is 2.55. The van der Waals surface area contributed by atoms with E-state index in [1.165, 1.54) is 0 Å². The molecule has 1 fully saturated rings. The molecule has 1 rings (SSSR count). The molecular formula is C10H20N4O2. The first kappa shape index (κ1) is 12.6. The number of carbonyl (C=O) groups excluding carboxylic acids is 1. The molecule has 1 saturated heterocycles. The topological polar surface area (TPSA) is 71.2 Å². The van der Waals surface area contributed by atoms with Crippen molar-refractivity contribution >= 4 is 12.4 Å². The summed E-state index contributed by atoms with van der Waals surface area (Å²) in [6, 6.07) is 0.121. The zero-order valence-electron chi connectivity index (χ0n) is 9.93. The van der Waals surface area contributed by atoms with E-state index >= 15 is 0 Å². The van der Waals surface area contributed by atoms with Gasteiger partial charge in [0.15, 0.2) is 0 Å². The van der Waals surface area contributed by atoms with Crippen molar-refractivity contribution in [3.63, 3.8) is 0 Å². The number of rotatable bonds is 3. The van der Waals surface area contributed by atoms with Crippen LogP contribution >= 0.6 is 0 Å². The average Bonchev–Trinajstić information content (AvgIpc) is 2.26. The molecular weight excluding hydrogens is 208 g/mol. The number of ether oxygens (including phenoxy) is 1. The molecule has 0 aromatic carbocycles. The standard InChI is InChI=1S/C10H20N4O2/c1-3-6-16-10(15)14-5-4-13(8-12-11)7-9(14)2/h8-9H,3-7,11H2,1-2H3. The second kappa shape index (κ2) is 6.19. The van der Waals surface area contributed by atoms with Gasteiger partial charge in [0, 0.05) is 25.7 Å². The summed E-state index contributed by atoms with van der Waals surface area (Å²) in [6.45, 7) is 6.58. The maximum absolute atomic E-state index is 11.7. The van der Waals surface area contributed by atoms with Crippen LogP contribution in [0.4, 0.5) is 4.79 Å². The number of hydrogen-bond donors (Lipinski definition) is 1. The fourth-order valence-electron chi connectivity index (χ4n) is 1.73. The molecule has 6 nitrogen and oxygen atoms in total. The predicted molar refractivity (Wildman–Crippen MR) is 62.1 cm³/mol. The lowest BCUT2D eigenvalue weighted by Gasteiger charge is -2.38. The highest BCUT2D eigenvalue weighted by Crippen LogP contribution is 2.09. The molecule has 1 amide bonds. The quantitative estimate of drug-likeness (QED) is 0.329. The molecule has 0 bridgehead atoms. The van der Waals surface area contributed by atoms with Gasteiger partial charge in [0.2, 0.25) is 0 Å². The van der Waals surface area contributed by atoms with Gasteiger partial charge in [0.25, 0.3) is 0 Å². The molecule has 1 heterocycles. The van der Waals surface area contributed by atoms with Crippen LogP contribution in [0, 0.1) is 0 Å². The maximum Gasteiger partial charge on any atom is 0.410 e. The van der Waals surface area contributed by atoms with E-state index in [9.17, 15) is 4.79 Å². The predicted octanol–water partition coefficient (Wildman–Crippen LogP) is 0.441. The lowest BCUT2D eigenvalue weighted by Crippen LogP contribution is -2.53. The fourth-order valence-corrected chi connectivity index (χ4v) is 1.73. The number of hydrogen-bond acceptors (Lipinski definition) is 4. The van der Waals surface area contributed by atoms with Gasteiger partial charge in [-0.3, -0.25) is 0 Å². The minimum Gasteiger partial charge on any atom is -0.449 e. The Morgan fingerprint density at radius 3 is 2.94 bits per heavy atom. The minimum absolute atomic E-state index is 0.121. The Bertz CT molecular complexity index is 257. The number of nitrogens with zero attached hydrogens (tertiary/aromatic N) is 3. The van der Waals surface area contributed by atoms with Gasteiger partial charge >= 0.3 is 6.09 Å². The van der Waals surface area contributed by atoms with Crippen LogP contribution in [0.1, 0.15) is 20.3 Å². The third kappa shape index (κ3) is 3.29. The Kier molecular flexibility index (Phi) is 4.88. The first-order valence-electron chi connectivity index (χ1n) is 5.59. The summed E-state index contributed by atoms with van der Waals surface area (Å²) in [5.74, 6) is 5.09. The van der Waals surface area contributed by atoms with Crippen molar-refractivity contribution < 1.29 is 9.53 Å². The van der Waals surface area contributed by atoms with Crippen molar-refractivity contribution in [3.8, 4) is 0 Å². The minimum atomic E-state index is -0.223. The monoisotopic (exact) mass is 228 g/mol. The molecule has 2 N–H and O–H groups in total. The summed E-state index contributed by atoms with van der Waals surface area (Å²) in [4.78, 5) is 15.4. The molecule has 1 atom stereocenters. The van der Waals surface area contributed by atoms with Gasteiger partial charge in [-0.15, -0.1) is 0 Å². The van der Waals surface area contributed by atoms with E-state index in [4.69, 9.17) is 10.6 Å². The SMILES string of the molecule is CCCOC(=O)N1CCN(C=NN)CC1C. The van der Waals surface area contributed by atoms with Gasteiger partial charge in [-0.05, 0) is 13.3 Å². The van der Waals surface area contributed by atoms with Crippen LogP contribution in [0.15, 0.2) is 5.10 Å². The summed E-state index contributed by atoms with van der Waals surface area (Å²) in [7, 11) is 0. The first-order valence-corrected chi connectivity index (χ1v) is 5.59. The number of hydrazone groups is 1. The van der Waals surface area contributed by atoms with E-state index in [1.807, 2.05) is 18.7 Å². The van der Waals surface area contributed by atoms with E-state index in [0.717, 1.165) is 19.5 Å². The Morgan fingerprint density at radius 2 is 2.38 bits per heavy atom. The van der Waals surface area contributed by atoms with Crippen LogP contribution < -0.4 is 5.84 Å². The van der Waals surface area contributed by atoms with Crippen molar-refractivity contribution in [2.75, 3.05) is 26.2 Å². The summed E-state index contributed by atoms with van der Waals surface area (Å²) in [5, 5.41) is 3.48. The van der Waals surface area contributed by atoms with Crippen molar-refractivity contribution in [3.05, 3.63) is 0 Å². The van der Waals surface area contributed by atoms with Gasteiger partial charge < -0.3 is 20.4 Å². The summed E-state index contributed by atoms with van der Waals surface area (Å²) < 4.78 is 5.11. The molecule has 0 aromatic heterocycles. The highest BCUT2D eigenvalue weighted by atomic mass is 16.6. The molecule has 0 aromatic rings. The van der Waals surface area contributed by atoms with E-state index in [2.05, 4.69) is 5.10 Å². The first-order chi connectivity index (χ1) is 7.69. The van der Waals surface area contributed by atoms with Crippen LogP contribution in [0.3, 0.4) is 0 Å². The lowest BCUT2D eigenvalue weighted by molar-refractivity contribution is 0.0678. The summed E-state index contributed by atoms with van der Waals surface area (Å²) in [5.41, 5.74) is 0. The number of carbonyl (C=O) groups is 1.